The van der Waals surface area contributed by atoms with Gasteiger partial charge in [-0.2, -0.15) is 19.6 Å². The molecule has 0 N–H and O–H groups in total. The van der Waals surface area contributed by atoms with E-state index in [1.807, 2.05) is 39.8 Å². The van der Waals surface area contributed by atoms with Crippen molar-refractivity contribution >= 4 is 30.9 Å². The maximum absolute atomic E-state index is 11.7. The zero-order valence-electron chi connectivity index (χ0n) is 17.1. The molecule has 0 saturated heterocycles. The van der Waals surface area contributed by atoms with E-state index in [9.17, 15) is 9.59 Å². The second-order valence-corrected chi connectivity index (χ2v) is 8.65. The molecule has 0 spiro atoms. The van der Waals surface area contributed by atoms with Crippen molar-refractivity contribution in [1.82, 2.24) is 19.6 Å². The molecule has 4 aromatic heterocycles. The molecular formula is C20H20Cl2N4O4Pd. The van der Waals surface area contributed by atoms with Gasteiger partial charge in [-0.1, -0.05) is 0 Å². The van der Waals surface area contributed by atoms with Crippen LogP contribution in [0.2, 0.25) is 0 Å². The fraction of sp³-hybridized carbons (Fsp3) is 0.200. The van der Waals surface area contributed by atoms with E-state index < -0.39 is 0 Å². The van der Waals surface area contributed by atoms with Crippen LogP contribution in [-0.4, -0.2) is 31.4 Å². The number of furan rings is 2. The van der Waals surface area contributed by atoms with Crippen molar-refractivity contribution in [3.05, 3.63) is 83.2 Å². The normalized spacial score (nSPS) is 10.1. The van der Waals surface area contributed by atoms with Gasteiger partial charge in [0.2, 0.25) is 0 Å². The summed E-state index contributed by atoms with van der Waals surface area (Å²) in [5.74, 6) is 0.133. The SMILES string of the molecule is Cc1cc(C)n(C(=O)c2ccco2)n1.Cc1cc(C)n(C(=O)c2ccco2)n1.[Cl][Pd][Cl]. The first-order chi connectivity index (χ1) is 14.8. The summed E-state index contributed by atoms with van der Waals surface area (Å²) >= 11 is -0.106. The summed E-state index contributed by atoms with van der Waals surface area (Å²) in [7, 11) is 9.63. The molecule has 4 rings (SSSR count). The van der Waals surface area contributed by atoms with Gasteiger partial charge < -0.3 is 8.83 Å². The standard InChI is InChI=1S/2C10H10N2O2.2ClH.Pd/c2*1-7-6-8(2)12(11-7)10(13)9-4-3-5-14-9;;;/h2*3-6H,1-2H3;2*1H;/q;;;;+2/p-2. The predicted molar refractivity (Wildman–Crippen MR) is 112 cm³/mol. The van der Waals surface area contributed by atoms with Crippen LogP contribution in [0.15, 0.2) is 57.8 Å². The molecule has 4 heterocycles. The minimum atomic E-state index is -0.236. The van der Waals surface area contributed by atoms with E-state index in [0.29, 0.717) is 11.5 Å². The van der Waals surface area contributed by atoms with E-state index in [1.165, 1.54) is 21.9 Å². The Kier molecular flexibility index (Phi) is 9.47. The van der Waals surface area contributed by atoms with Crippen LogP contribution in [0.3, 0.4) is 0 Å². The van der Waals surface area contributed by atoms with Crippen LogP contribution in [0.25, 0.3) is 0 Å². The summed E-state index contributed by atoms with van der Waals surface area (Å²) in [5, 5.41) is 8.15. The number of aryl methyl sites for hydroxylation is 4. The first kappa shape index (κ1) is 24.8. The Hall–Kier alpha value is -2.44. The van der Waals surface area contributed by atoms with E-state index in [4.69, 9.17) is 27.9 Å². The molecule has 0 bridgehead atoms. The average molecular weight is 558 g/mol. The van der Waals surface area contributed by atoms with Gasteiger partial charge in [-0.05, 0) is 64.1 Å². The van der Waals surface area contributed by atoms with E-state index in [1.54, 1.807) is 24.3 Å². The van der Waals surface area contributed by atoms with Crippen LogP contribution in [0, 0.1) is 27.7 Å². The summed E-state index contributed by atoms with van der Waals surface area (Å²) in [5.41, 5.74) is 3.26. The maximum atomic E-state index is 11.7. The molecule has 0 atom stereocenters. The van der Waals surface area contributed by atoms with Crippen molar-refractivity contribution in [2.24, 2.45) is 0 Å². The Morgan fingerprint density at radius 2 is 1.16 bits per heavy atom. The fourth-order valence-electron chi connectivity index (χ4n) is 2.68. The molecule has 0 fully saturated rings. The molecular weight excluding hydrogens is 538 g/mol. The van der Waals surface area contributed by atoms with E-state index in [0.717, 1.165) is 22.8 Å². The third-order valence-corrected chi connectivity index (χ3v) is 3.87. The van der Waals surface area contributed by atoms with Crippen molar-refractivity contribution in [3.8, 4) is 0 Å². The molecule has 4 aromatic rings. The summed E-state index contributed by atoms with van der Waals surface area (Å²) in [6.45, 7) is 7.36. The van der Waals surface area contributed by atoms with Crippen molar-refractivity contribution in [2.75, 3.05) is 0 Å². The molecule has 0 aromatic carbocycles. The Morgan fingerprint density at radius 1 is 0.806 bits per heavy atom. The van der Waals surface area contributed by atoms with Gasteiger partial charge in [0.05, 0.1) is 23.9 Å². The summed E-state index contributed by atoms with van der Waals surface area (Å²) < 4.78 is 12.7. The van der Waals surface area contributed by atoms with E-state index in [2.05, 4.69) is 10.2 Å². The van der Waals surface area contributed by atoms with Gasteiger partial charge in [0.1, 0.15) is 0 Å². The first-order valence-corrected chi connectivity index (χ1v) is 12.8. The molecule has 0 aliphatic heterocycles. The molecule has 31 heavy (non-hydrogen) atoms. The molecule has 8 nitrogen and oxygen atoms in total. The van der Waals surface area contributed by atoms with Crippen LogP contribution >= 0.6 is 19.1 Å². The third-order valence-electron chi connectivity index (χ3n) is 3.87. The van der Waals surface area contributed by atoms with Gasteiger partial charge in [0, 0.05) is 11.4 Å². The number of halogens is 2. The van der Waals surface area contributed by atoms with Gasteiger partial charge in [-0.15, -0.1) is 0 Å². The van der Waals surface area contributed by atoms with Crippen molar-refractivity contribution in [1.29, 1.82) is 0 Å². The monoisotopic (exact) mass is 556 g/mol. The Morgan fingerprint density at radius 3 is 1.39 bits per heavy atom. The second kappa shape index (κ2) is 11.8. The number of carbonyl (C=O) groups is 2. The second-order valence-electron chi connectivity index (χ2n) is 6.29. The number of carbonyl (C=O) groups excluding carboxylic acids is 2. The first-order valence-electron chi connectivity index (χ1n) is 8.83. The van der Waals surface area contributed by atoms with Gasteiger partial charge in [-0.25, -0.2) is 0 Å². The van der Waals surface area contributed by atoms with E-state index in [-0.39, 0.29) is 27.8 Å². The molecule has 0 aliphatic rings. The average Bonchev–Trinajstić information content (AvgIpc) is 3.50. The molecule has 0 unspecified atom stereocenters. The summed E-state index contributed by atoms with van der Waals surface area (Å²) in [4.78, 5) is 23.5. The van der Waals surface area contributed by atoms with Crippen LogP contribution in [0.4, 0.5) is 0 Å². The molecule has 0 saturated carbocycles. The third kappa shape index (κ3) is 6.77. The zero-order chi connectivity index (χ0) is 23.0. The van der Waals surface area contributed by atoms with Crippen LogP contribution in [0.5, 0.6) is 0 Å². The van der Waals surface area contributed by atoms with Crippen molar-refractivity contribution in [2.45, 2.75) is 27.7 Å². The number of hydrogen-bond acceptors (Lipinski definition) is 6. The number of nitrogens with zero attached hydrogens (tertiary/aromatic N) is 4. The Bertz CT molecular complexity index is 1030. The van der Waals surface area contributed by atoms with Crippen LogP contribution < -0.4 is 0 Å². The number of rotatable bonds is 2. The van der Waals surface area contributed by atoms with Crippen molar-refractivity contribution < 1.29 is 34.4 Å². The quantitative estimate of drug-likeness (QED) is 0.324. The van der Waals surface area contributed by atoms with Gasteiger partial charge >= 0.3 is 46.8 Å². The molecule has 11 heteroatoms. The minimum absolute atomic E-state index is 0.106. The molecule has 0 amide bonds. The topological polar surface area (TPSA) is 96.1 Å². The van der Waals surface area contributed by atoms with E-state index >= 15 is 0 Å². The molecule has 0 radical (unpaired) electrons. The molecule has 0 aliphatic carbocycles. The van der Waals surface area contributed by atoms with Crippen LogP contribution in [-0.2, 0) is 15.9 Å². The van der Waals surface area contributed by atoms with Crippen LogP contribution in [0.1, 0.15) is 43.9 Å². The van der Waals surface area contributed by atoms with Gasteiger partial charge in [-0.3, -0.25) is 9.59 Å². The number of aromatic nitrogens is 4. The Balaban J connectivity index is 0.000000196. The summed E-state index contributed by atoms with van der Waals surface area (Å²) in [6, 6.07) is 10.3. The predicted octanol–water partition coefficient (Wildman–Crippen LogP) is 4.94. The van der Waals surface area contributed by atoms with Gasteiger partial charge in [0.15, 0.2) is 11.5 Å². The van der Waals surface area contributed by atoms with Crippen molar-refractivity contribution in [3.63, 3.8) is 0 Å². The molecule has 168 valence electrons. The fourth-order valence-corrected chi connectivity index (χ4v) is 2.68. The zero-order valence-corrected chi connectivity index (χ0v) is 20.2. The summed E-state index contributed by atoms with van der Waals surface area (Å²) in [6.07, 6.45) is 2.94. The Labute approximate surface area is 195 Å². The number of hydrogen-bond donors (Lipinski definition) is 0. The van der Waals surface area contributed by atoms with Gasteiger partial charge in [0.25, 0.3) is 0 Å².